The van der Waals surface area contributed by atoms with Crippen molar-refractivity contribution >= 4 is 14.7 Å². The number of hydrogen-bond donors (Lipinski definition) is 1. The molecule has 3 heteroatoms. The minimum absolute atomic E-state index is 0.204. The van der Waals surface area contributed by atoms with Crippen molar-refractivity contribution in [2.75, 3.05) is 6.23 Å². The van der Waals surface area contributed by atoms with Gasteiger partial charge in [0, 0.05) is 0 Å². The molecular formula is C17H20O2Si. The van der Waals surface area contributed by atoms with E-state index in [2.05, 4.69) is 32.0 Å². The van der Waals surface area contributed by atoms with Crippen LogP contribution in [-0.4, -0.2) is 20.9 Å². The van der Waals surface area contributed by atoms with Crippen molar-refractivity contribution in [1.29, 1.82) is 0 Å². The quantitative estimate of drug-likeness (QED) is 0.827. The standard InChI is InChI=1S/C17H20O2Si/c1-3-13-8-7-11-17(14(13)4-2)20-12-19-16-10-6-5-9-15(16)18/h5-11,18H,3-4,12H2,1-2H3. The fourth-order valence-corrected chi connectivity index (χ4v) is 3.47. The van der Waals surface area contributed by atoms with Crippen LogP contribution in [0.15, 0.2) is 42.5 Å². The van der Waals surface area contributed by atoms with Gasteiger partial charge in [0.25, 0.3) is 0 Å². The maximum atomic E-state index is 9.67. The topological polar surface area (TPSA) is 29.5 Å². The highest BCUT2D eigenvalue weighted by Gasteiger charge is 2.07. The second-order valence-electron chi connectivity index (χ2n) is 4.58. The van der Waals surface area contributed by atoms with Gasteiger partial charge in [-0.15, -0.1) is 0 Å². The first kappa shape index (κ1) is 14.7. The van der Waals surface area contributed by atoms with Gasteiger partial charge in [-0.1, -0.05) is 49.4 Å². The molecule has 2 rings (SSSR count). The van der Waals surface area contributed by atoms with Crippen LogP contribution in [0.3, 0.4) is 0 Å². The maximum Gasteiger partial charge on any atom is 0.160 e. The molecule has 0 saturated heterocycles. The highest BCUT2D eigenvalue weighted by molar-refractivity contribution is 6.54. The van der Waals surface area contributed by atoms with Crippen molar-refractivity contribution in [3.05, 3.63) is 53.6 Å². The molecule has 0 aliphatic heterocycles. The first-order chi connectivity index (χ1) is 9.76. The lowest BCUT2D eigenvalue weighted by Gasteiger charge is -2.13. The normalized spacial score (nSPS) is 10.5. The van der Waals surface area contributed by atoms with Gasteiger partial charge in [0.15, 0.2) is 11.5 Å². The lowest BCUT2D eigenvalue weighted by Crippen LogP contribution is -2.26. The third-order valence-electron chi connectivity index (χ3n) is 3.36. The summed E-state index contributed by atoms with van der Waals surface area (Å²) in [5.74, 6) is 0.764. The molecule has 0 heterocycles. The van der Waals surface area contributed by atoms with E-state index in [1.54, 1.807) is 18.2 Å². The fraction of sp³-hybridized carbons (Fsp3) is 0.294. The summed E-state index contributed by atoms with van der Waals surface area (Å²) in [5, 5.41) is 11.0. The number of phenols is 1. The number of aryl methyl sites for hydroxylation is 1. The van der Waals surface area contributed by atoms with Crippen LogP contribution in [0.25, 0.3) is 0 Å². The van der Waals surface area contributed by atoms with Crippen molar-refractivity contribution in [3.63, 3.8) is 0 Å². The van der Waals surface area contributed by atoms with Crippen LogP contribution >= 0.6 is 0 Å². The van der Waals surface area contributed by atoms with Gasteiger partial charge in [0.05, 0.1) is 6.23 Å². The third-order valence-corrected chi connectivity index (χ3v) is 4.50. The van der Waals surface area contributed by atoms with Crippen molar-refractivity contribution in [2.45, 2.75) is 26.7 Å². The van der Waals surface area contributed by atoms with Gasteiger partial charge in [-0.3, -0.25) is 0 Å². The number of aromatic hydroxyl groups is 1. The van der Waals surface area contributed by atoms with E-state index < -0.39 is 0 Å². The molecule has 0 saturated carbocycles. The molecule has 0 fully saturated rings. The van der Waals surface area contributed by atoms with E-state index in [0.29, 0.717) is 21.5 Å². The van der Waals surface area contributed by atoms with Crippen LogP contribution in [-0.2, 0) is 12.8 Å². The summed E-state index contributed by atoms with van der Waals surface area (Å²) < 4.78 is 5.68. The zero-order chi connectivity index (χ0) is 14.4. The van der Waals surface area contributed by atoms with Crippen LogP contribution < -0.4 is 9.92 Å². The van der Waals surface area contributed by atoms with E-state index in [4.69, 9.17) is 4.74 Å². The molecule has 2 nitrogen and oxygen atoms in total. The van der Waals surface area contributed by atoms with Crippen LogP contribution in [0.5, 0.6) is 11.5 Å². The Kier molecular flexibility index (Phi) is 5.24. The lowest BCUT2D eigenvalue weighted by atomic mass is 10.0. The van der Waals surface area contributed by atoms with E-state index in [-0.39, 0.29) is 5.75 Å². The van der Waals surface area contributed by atoms with Crippen molar-refractivity contribution in [2.24, 2.45) is 0 Å². The average molecular weight is 284 g/mol. The Hall–Kier alpha value is -1.74. The average Bonchev–Trinajstić information content (AvgIpc) is 2.48. The van der Waals surface area contributed by atoms with Gasteiger partial charge >= 0.3 is 0 Å². The summed E-state index contributed by atoms with van der Waals surface area (Å²) in [6.07, 6.45) is 2.74. The van der Waals surface area contributed by atoms with Crippen LogP contribution in [0.4, 0.5) is 0 Å². The predicted molar refractivity (Wildman–Crippen MR) is 84.2 cm³/mol. The smallest absolute Gasteiger partial charge is 0.160 e. The monoisotopic (exact) mass is 284 g/mol. The van der Waals surface area contributed by atoms with Gasteiger partial charge in [0.1, 0.15) is 9.52 Å². The summed E-state index contributed by atoms with van der Waals surface area (Å²) in [6, 6.07) is 13.6. The Morgan fingerprint density at radius 2 is 1.80 bits per heavy atom. The first-order valence-corrected chi connectivity index (χ1v) is 8.22. The molecule has 2 aromatic carbocycles. The van der Waals surface area contributed by atoms with Crippen LogP contribution in [0, 0.1) is 0 Å². The molecule has 0 aromatic heterocycles. The molecule has 0 spiro atoms. The first-order valence-electron chi connectivity index (χ1n) is 7.01. The number of hydrogen-bond acceptors (Lipinski definition) is 2. The maximum absolute atomic E-state index is 9.67. The highest BCUT2D eigenvalue weighted by atomic mass is 28.2. The number of para-hydroxylation sites is 2. The summed E-state index contributed by atoms with van der Waals surface area (Å²) in [7, 11) is 0.598. The molecule has 0 amide bonds. The molecule has 0 aliphatic carbocycles. The number of ether oxygens (including phenoxy) is 1. The molecule has 2 aromatic rings. The zero-order valence-electron chi connectivity index (χ0n) is 12.0. The summed E-state index contributed by atoms with van der Waals surface area (Å²) in [4.78, 5) is 0. The van der Waals surface area contributed by atoms with E-state index in [1.165, 1.54) is 16.3 Å². The summed E-state index contributed by atoms with van der Waals surface area (Å²) in [6.45, 7) is 4.40. The van der Waals surface area contributed by atoms with Gasteiger partial charge in [-0.25, -0.2) is 0 Å². The molecule has 104 valence electrons. The van der Waals surface area contributed by atoms with Gasteiger partial charge in [-0.2, -0.15) is 0 Å². The Balaban J connectivity index is 2.03. The van der Waals surface area contributed by atoms with Crippen molar-refractivity contribution in [1.82, 2.24) is 0 Å². The second-order valence-corrected chi connectivity index (χ2v) is 5.76. The van der Waals surface area contributed by atoms with Crippen LogP contribution in [0.2, 0.25) is 0 Å². The largest absolute Gasteiger partial charge is 0.504 e. The molecule has 2 radical (unpaired) electrons. The lowest BCUT2D eigenvalue weighted by molar-refractivity contribution is 0.353. The number of benzene rings is 2. The number of rotatable bonds is 6. The van der Waals surface area contributed by atoms with E-state index in [1.807, 2.05) is 6.07 Å². The zero-order valence-corrected chi connectivity index (χ0v) is 13.0. The highest BCUT2D eigenvalue weighted by Crippen LogP contribution is 2.23. The molecule has 0 unspecified atom stereocenters. The number of phenolic OH excluding ortho intramolecular Hbond substituents is 1. The Bertz CT molecular complexity index is 567. The van der Waals surface area contributed by atoms with E-state index in [9.17, 15) is 5.11 Å². The van der Waals surface area contributed by atoms with Crippen molar-refractivity contribution < 1.29 is 9.84 Å². The molecule has 0 bridgehead atoms. The predicted octanol–water partition coefficient (Wildman–Crippen LogP) is 2.88. The fourth-order valence-electron chi connectivity index (χ4n) is 2.32. The third kappa shape index (κ3) is 3.42. The molecular weight excluding hydrogens is 264 g/mol. The summed E-state index contributed by atoms with van der Waals surface area (Å²) in [5.41, 5.74) is 2.88. The van der Waals surface area contributed by atoms with Gasteiger partial charge < -0.3 is 9.84 Å². The molecule has 20 heavy (non-hydrogen) atoms. The van der Waals surface area contributed by atoms with Gasteiger partial charge in [0.2, 0.25) is 0 Å². The molecule has 0 atom stereocenters. The Morgan fingerprint density at radius 1 is 1.00 bits per heavy atom. The van der Waals surface area contributed by atoms with Crippen LogP contribution in [0.1, 0.15) is 25.0 Å². The molecule has 1 N–H and O–H groups in total. The van der Waals surface area contributed by atoms with Gasteiger partial charge in [-0.05, 0) is 36.1 Å². The second kappa shape index (κ2) is 7.15. The minimum Gasteiger partial charge on any atom is -0.504 e. The Labute approximate surface area is 123 Å². The van der Waals surface area contributed by atoms with Crippen molar-refractivity contribution in [3.8, 4) is 11.5 Å². The molecule has 0 aliphatic rings. The Morgan fingerprint density at radius 3 is 2.50 bits per heavy atom. The SMILES string of the molecule is CCc1cccc([Si]COc2ccccc2O)c1CC. The minimum atomic E-state index is 0.204. The summed E-state index contributed by atoms with van der Waals surface area (Å²) >= 11 is 0. The van der Waals surface area contributed by atoms with E-state index in [0.717, 1.165) is 12.8 Å². The van der Waals surface area contributed by atoms with E-state index >= 15 is 0 Å².